The summed E-state index contributed by atoms with van der Waals surface area (Å²) >= 11 is 0. The SMILES string of the molecule is COCC(O)Cn1cc([N+]23C=CN=CC2=NC(Nc2ccc(N4CCOCC4)cc2)=N3)cn1. The highest BCUT2D eigenvalue weighted by molar-refractivity contribution is 6.38. The number of aliphatic hydroxyl groups is 1. The van der Waals surface area contributed by atoms with Crippen molar-refractivity contribution in [2.45, 2.75) is 12.6 Å². The Labute approximate surface area is 191 Å². The number of aliphatic hydroxyl groups excluding tert-OH is 1. The second kappa shape index (κ2) is 9.24. The number of methoxy groups -OCH3 is 1. The van der Waals surface area contributed by atoms with Gasteiger partial charge < -0.3 is 24.8 Å². The van der Waals surface area contributed by atoms with Gasteiger partial charge in [-0.3, -0.25) is 9.67 Å². The highest BCUT2D eigenvalue weighted by Crippen LogP contribution is 2.31. The number of fused-ring (bicyclic) bond motifs is 1. The first kappa shape index (κ1) is 21.5. The molecule has 2 N–H and O–H groups in total. The molecule has 4 heterocycles. The maximum absolute atomic E-state index is 10.0. The largest absolute Gasteiger partial charge is 0.389 e. The van der Waals surface area contributed by atoms with Gasteiger partial charge in [0.25, 0.3) is 11.8 Å². The van der Waals surface area contributed by atoms with Crippen LogP contribution in [-0.2, 0) is 16.0 Å². The van der Waals surface area contributed by atoms with Crippen LogP contribution in [0.15, 0.2) is 64.1 Å². The number of anilines is 2. The molecule has 2 aromatic rings. The summed E-state index contributed by atoms with van der Waals surface area (Å²) < 4.78 is 12.1. The van der Waals surface area contributed by atoms with Gasteiger partial charge in [0.15, 0.2) is 6.20 Å². The molecule has 0 saturated carbocycles. The molecule has 1 aromatic heterocycles. The van der Waals surface area contributed by atoms with E-state index in [0.29, 0.717) is 18.3 Å². The van der Waals surface area contributed by atoms with Crippen molar-refractivity contribution in [1.82, 2.24) is 14.4 Å². The highest BCUT2D eigenvalue weighted by atomic mass is 16.5. The third-order valence-electron chi connectivity index (χ3n) is 5.65. The van der Waals surface area contributed by atoms with Gasteiger partial charge in [0.1, 0.15) is 12.4 Å². The number of hydrogen-bond donors (Lipinski definition) is 2. The van der Waals surface area contributed by atoms with Crippen molar-refractivity contribution in [2.24, 2.45) is 15.1 Å². The van der Waals surface area contributed by atoms with Gasteiger partial charge >= 0.3 is 0 Å². The first-order valence-corrected chi connectivity index (χ1v) is 10.9. The maximum Gasteiger partial charge on any atom is 0.287 e. The minimum Gasteiger partial charge on any atom is -0.389 e. The number of aromatic nitrogens is 2. The Morgan fingerprint density at radius 3 is 2.85 bits per heavy atom. The number of guanidine groups is 1. The van der Waals surface area contributed by atoms with E-state index < -0.39 is 6.10 Å². The fourth-order valence-electron chi connectivity index (χ4n) is 4.00. The Bertz CT molecular complexity index is 1100. The molecule has 1 fully saturated rings. The molecule has 2 unspecified atom stereocenters. The molecular weight excluding hydrogens is 424 g/mol. The van der Waals surface area contributed by atoms with Crippen molar-refractivity contribution in [2.75, 3.05) is 50.2 Å². The summed E-state index contributed by atoms with van der Waals surface area (Å²) in [5.74, 6) is 1.14. The quantitative estimate of drug-likeness (QED) is 0.616. The van der Waals surface area contributed by atoms with E-state index in [4.69, 9.17) is 14.6 Å². The van der Waals surface area contributed by atoms with Gasteiger partial charge in [-0.05, 0) is 29.4 Å². The van der Waals surface area contributed by atoms with Gasteiger partial charge in [-0.25, -0.2) is 0 Å². The van der Waals surface area contributed by atoms with Gasteiger partial charge in [0, 0.05) is 31.6 Å². The van der Waals surface area contributed by atoms with Crippen LogP contribution in [0.3, 0.4) is 0 Å². The first-order valence-electron chi connectivity index (χ1n) is 10.9. The standard InChI is InChI=1S/C22H27N8O3/c1-32-16-20(31)15-29-14-19(12-24-29)30-9-6-23-13-21(30)26-22(27-30)25-17-2-4-18(5-3-17)28-7-10-33-11-8-28/h2-6,9,12-14,20,31H,7-8,10-11,15-16H2,1H3,(H,25,27)/q+1. The summed E-state index contributed by atoms with van der Waals surface area (Å²) in [6.45, 7) is 3.87. The van der Waals surface area contributed by atoms with Crippen molar-refractivity contribution < 1.29 is 14.6 Å². The van der Waals surface area contributed by atoms with Crippen molar-refractivity contribution in [3.8, 4) is 0 Å². The average molecular weight is 452 g/mol. The zero-order chi connectivity index (χ0) is 22.7. The second-order valence-electron chi connectivity index (χ2n) is 7.96. The molecule has 11 nitrogen and oxygen atoms in total. The van der Waals surface area contributed by atoms with E-state index in [1.165, 1.54) is 5.69 Å². The molecule has 33 heavy (non-hydrogen) atoms. The number of amidine groups is 1. The summed E-state index contributed by atoms with van der Waals surface area (Å²) in [6.07, 6.45) is 8.16. The molecule has 2 atom stereocenters. The van der Waals surface area contributed by atoms with Crippen molar-refractivity contribution in [1.29, 1.82) is 0 Å². The summed E-state index contributed by atoms with van der Waals surface area (Å²) in [6, 6.07) is 8.22. The van der Waals surface area contributed by atoms with Gasteiger partial charge in [0.2, 0.25) is 5.69 Å². The fraction of sp³-hybridized carbons (Fsp3) is 0.364. The zero-order valence-corrected chi connectivity index (χ0v) is 18.4. The van der Waals surface area contributed by atoms with Crippen LogP contribution >= 0.6 is 0 Å². The third-order valence-corrected chi connectivity index (χ3v) is 5.65. The molecule has 1 saturated heterocycles. The van der Waals surface area contributed by atoms with Crippen LogP contribution in [0.5, 0.6) is 0 Å². The number of rotatable bonds is 7. The maximum atomic E-state index is 10.0. The Morgan fingerprint density at radius 2 is 2.06 bits per heavy atom. The zero-order valence-electron chi connectivity index (χ0n) is 18.4. The Kier molecular flexibility index (Phi) is 6.01. The predicted molar refractivity (Wildman–Crippen MR) is 128 cm³/mol. The van der Waals surface area contributed by atoms with Crippen LogP contribution < -0.4 is 14.8 Å². The number of hydrogen-bond acceptors (Lipinski definition) is 9. The molecule has 5 rings (SSSR count). The first-order chi connectivity index (χ1) is 16.2. The lowest BCUT2D eigenvalue weighted by molar-refractivity contribution is 0.0514. The lowest BCUT2D eigenvalue weighted by atomic mass is 10.2. The smallest absolute Gasteiger partial charge is 0.287 e. The molecule has 172 valence electrons. The summed E-state index contributed by atoms with van der Waals surface area (Å²) in [7, 11) is 1.56. The average Bonchev–Trinajstić information content (AvgIpc) is 3.45. The number of ether oxygens (including phenoxy) is 2. The topological polar surface area (TPSA) is 109 Å². The molecule has 0 amide bonds. The summed E-state index contributed by atoms with van der Waals surface area (Å²) in [5, 5.41) is 22.5. The molecule has 0 spiro atoms. The molecule has 0 aliphatic carbocycles. The van der Waals surface area contributed by atoms with E-state index in [1.54, 1.807) is 30.4 Å². The van der Waals surface area contributed by atoms with Crippen LogP contribution in [0.2, 0.25) is 0 Å². The van der Waals surface area contributed by atoms with Gasteiger partial charge in [0.05, 0.1) is 44.9 Å². The van der Waals surface area contributed by atoms with E-state index in [-0.39, 0.29) is 11.2 Å². The monoisotopic (exact) mass is 451 g/mol. The van der Waals surface area contributed by atoms with E-state index in [1.807, 2.05) is 24.5 Å². The molecule has 1 aromatic carbocycles. The van der Waals surface area contributed by atoms with Gasteiger partial charge in [-0.15, -0.1) is 0 Å². The number of quaternary nitrogens is 1. The molecule has 0 radical (unpaired) electrons. The summed E-state index contributed by atoms with van der Waals surface area (Å²) in [5.41, 5.74) is 2.86. The lowest BCUT2D eigenvalue weighted by Gasteiger charge is -2.28. The second-order valence-corrected chi connectivity index (χ2v) is 7.96. The number of morpholine rings is 1. The van der Waals surface area contributed by atoms with E-state index >= 15 is 0 Å². The molecule has 0 bridgehead atoms. The lowest BCUT2D eigenvalue weighted by Crippen LogP contribution is -2.44. The minimum absolute atomic E-state index is 0.0259. The molecule has 3 aliphatic rings. The van der Waals surface area contributed by atoms with E-state index in [2.05, 4.69) is 37.4 Å². The molecular formula is C22H27N8O3+. The van der Waals surface area contributed by atoms with Crippen molar-refractivity contribution in [3.05, 3.63) is 49.1 Å². The predicted octanol–water partition coefficient (Wildman–Crippen LogP) is 1.39. The van der Waals surface area contributed by atoms with Crippen LogP contribution in [0.4, 0.5) is 17.1 Å². The van der Waals surface area contributed by atoms with Gasteiger partial charge in [-0.2, -0.15) is 10.1 Å². The van der Waals surface area contributed by atoms with Crippen LogP contribution in [0.25, 0.3) is 0 Å². The van der Waals surface area contributed by atoms with Crippen LogP contribution in [-0.4, -0.2) is 79.0 Å². The van der Waals surface area contributed by atoms with E-state index in [0.717, 1.165) is 37.7 Å². The van der Waals surface area contributed by atoms with Crippen molar-refractivity contribution in [3.63, 3.8) is 0 Å². The number of aliphatic imine (C=N–C) groups is 2. The number of benzene rings is 1. The van der Waals surface area contributed by atoms with Crippen LogP contribution in [0.1, 0.15) is 0 Å². The third kappa shape index (κ3) is 4.44. The molecule has 11 heteroatoms. The number of nitrogens with zero attached hydrogens (tertiary/aromatic N) is 7. The number of nitrogens with one attached hydrogen (secondary N) is 1. The Balaban J connectivity index is 1.34. The normalized spacial score (nSPS) is 22.7. The highest BCUT2D eigenvalue weighted by Gasteiger charge is 2.43. The van der Waals surface area contributed by atoms with E-state index in [9.17, 15) is 5.11 Å². The van der Waals surface area contributed by atoms with Crippen molar-refractivity contribution >= 4 is 35.1 Å². The minimum atomic E-state index is -0.644. The fourth-order valence-corrected chi connectivity index (χ4v) is 4.00. The Morgan fingerprint density at radius 1 is 1.24 bits per heavy atom. The van der Waals surface area contributed by atoms with Crippen LogP contribution in [0, 0.1) is 0 Å². The molecule has 3 aliphatic heterocycles. The van der Waals surface area contributed by atoms with Gasteiger partial charge in [-0.1, -0.05) is 4.59 Å². The summed E-state index contributed by atoms with van der Waals surface area (Å²) in [4.78, 5) is 11.2. The Hall–Kier alpha value is -3.38.